The van der Waals surface area contributed by atoms with Crippen molar-refractivity contribution in [1.82, 2.24) is 0 Å². The second-order valence-corrected chi connectivity index (χ2v) is 21.8. The summed E-state index contributed by atoms with van der Waals surface area (Å²) in [6.07, 6.45) is 14.2. The van der Waals surface area contributed by atoms with E-state index in [1.807, 2.05) is 16.4 Å². The third-order valence-electron chi connectivity index (χ3n) is 11.4. The van der Waals surface area contributed by atoms with Crippen LogP contribution in [0.5, 0.6) is 0 Å². The SMILES string of the molecule is COCC[N+]1=C(C=CC=CC=CC=C2N(CCCCCC(=O)O)c3ccc(S(=O)(=O)O)cc3C2(CCCS(=O)(=O)O)CCOC)C(C)(CCCS(=O)(=O)O)c2cc(S(=O)(=O)O)ccc21. The van der Waals surface area contributed by atoms with E-state index in [0.717, 1.165) is 0 Å². The molecule has 5 N–H and O–H groups in total. The zero-order valence-electron chi connectivity index (χ0n) is 35.9. The minimum Gasteiger partial charge on any atom is -0.481 e. The topological polar surface area (TPSA) is 279 Å². The smallest absolute Gasteiger partial charge is 0.303 e. The lowest BCUT2D eigenvalue weighted by molar-refractivity contribution is -0.441. The molecule has 0 aromatic heterocycles. The van der Waals surface area contributed by atoms with Crippen LogP contribution in [0.3, 0.4) is 0 Å². The predicted octanol–water partition coefficient (Wildman–Crippen LogP) is 5.51. The number of hydrogen-bond donors (Lipinski definition) is 5. The summed E-state index contributed by atoms with van der Waals surface area (Å²) in [4.78, 5) is 12.4. The normalized spacial score (nSPS) is 20.1. The molecule has 0 aliphatic carbocycles. The molecule has 2 aliphatic heterocycles. The van der Waals surface area contributed by atoms with Gasteiger partial charge in [-0.25, -0.2) is 0 Å². The monoisotopic (exact) mass is 973 g/mol. The van der Waals surface area contributed by atoms with E-state index >= 15 is 0 Å². The Bertz CT molecular complexity index is 2640. The van der Waals surface area contributed by atoms with Gasteiger partial charge in [-0.15, -0.1) is 0 Å². The van der Waals surface area contributed by atoms with Gasteiger partial charge in [-0.3, -0.25) is 23.0 Å². The largest absolute Gasteiger partial charge is 0.481 e. The van der Waals surface area contributed by atoms with Crippen molar-refractivity contribution >= 4 is 63.5 Å². The number of rotatable bonds is 26. The molecule has 2 atom stereocenters. The average Bonchev–Trinajstić information content (AvgIpc) is 3.57. The molecule has 0 bridgehead atoms. The molecule has 2 unspecified atom stereocenters. The Balaban J connectivity index is 1.79. The number of aliphatic carboxylic acids is 1. The summed E-state index contributed by atoms with van der Waals surface area (Å²) < 4.78 is 148. The summed E-state index contributed by atoms with van der Waals surface area (Å²) >= 11 is 0. The lowest BCUT2D eigenvalue weighted by atomic mass is 9.73. The van der Waals surface area contributed by atoms with Crippen LogP contribution in [-0.4, -0.2) is 125 Å². The first kappa shape index (κ1) is 52.5. The fraction of sp³-hybridized carbons (Fsp3) is 0.476. The van der Waals surface area contributed by atoms with E-state index in [1.54, 1.807) is 54.7 Å². The molecule has 0 fully saturated rings. The Hall–Kier alpha value is -4.10. The molecule has 0 saturated carbocycles. The number of hydrogen-bond acceptors (Lipinski definition) is 12. The van der Waals surface area contributed by atoms with E-state index in [0.29, 0.717) is 66.3 Å². The highest BCUT2D eigenvalue weighted by atomic mass is 32.2. The number of carboxylic acids is 1. The highest BCUT2D eigenvalue weighted by Gasteiger charge is 2.49. The van der Waals surface area contributed by atoms with Gasteiger partial charge >= 0.3 is 5.97 Å². The van der Waals surface area contributed by atoms with Crippen LogP contribution in [0.1, 0.15) is 75.8 Å². The van der Waals surface area contributed by atoms with Gasteiger partial charge in [0.1, 0.15) is 6.61 Å². The van der Waals surface area contributed by atoms with E-state index in [4.69, 9.17) is 14.6 Å². The van der Waals surface area contributed by atoms with Crippen molar-refractivity contribution < 1.29 is 75.8 Å². The maximum atomic E-state index is 12.4. The summed E-state index contributed by atoms with van der Waals surface area (Å²) in [6.45, 7) is 2.95. The molecule has 22 heteroatoms. The molecule has 2 aromatic carbocycles. The molecule has 64 heavy (non-hydrogen) atoms. The molecule has 0 spiro atoms. The van der Waals surface area contributed by atoms with E-state index in [2.05, 4.69) is 0 Å². The Morgan fingerprint density at radius 3 is 1.88 bits per heavy atom. The van der Waals surface area contributed by atoms with Crippen LogP contribution in [-0.2, 0) is 65.6 Å². The van der Waals surface area contributed by atoms with Gasteiger partial charge in [0.25, 0.3) is 40.5 Å². The summed E-state index contributed by atoms with van der Waals surface area (Å²) in [5.41, 5.74) is 1.50. The maximum Gasteiger partial charge on any atom is 0.303 e. The van der Waals surface area contributed by atoms with Crippen molar-refractivity contribution in [2.75, 3.05) is 56.9 Å². The highest BCUT2D eigenvalue weighted by molar-refractivity contribution is 7.86. The molecular formula is C42H57N2O16S4+. The van der Waals surface area contributed by atoms with Gasteiger partial charge in [0.2, 0.25) is 5.69 Å². The maximum absolute atomic E-state index is 12.4. The molecule has 0 radical (unpaired) electrons. The van der Waals surface area contributed by atoms with Crippen molar-refractivity contribution in [2.45, 2.75) is 85.3 Å². The van der Waals surface area contributed by atoms with Crippen molar-refractivity contribution in [3.8, 4) is 0 Å². The van der Waals surface area contributed by atoms with Crippen LogP contribution in [0, 0.1) is 0 Å². The number of allylic oxidation sites excluding steroid dienone is 8. The number of ether oxygens (including phenoxy) is 2. The fourth-order valence-corrected chi connectivity index (χ4v) is 10.5. The van der Waals surface area contributed by atoms with Crippen LogP contribution in [0.25, 0.3) is 0 Å². The minimum atomic E-state index is -4.66. The highest BCUT2D eigenvalue weighted by Crippen LogP contribution is 2.53. The Morgan fingerprint density at radius 2 is 1.28 bits per heavy atom. The molecule has 2 aliphatic rings. The van der Waals surface area contributed by atoms with Crippen LogP contribution in [0.15, 0.2) is 94.4 Å². The second-order valence-electron chi connectivity index (χ2n) is 15.8. The molecule has 18 nitrogen and oxygen atoms in total. The fourth-order valence-electron chi connectivity index (χ4n) is 8.49. The summed E-state index contributed by atoms with van der Waals surface area (Å²) in [5, 5.41) is 9.16. The van der Waals surface area contributed by atoms with Crippen LogP contribution < -0.4 is 4.90 Å². The number of carbonyl (C=O) groups is 1. The van der Waals surface area contributed by atoms with E-state index in [-0.39, 0.29) is 61.5 Å². The first-order valence-corrected chi connectivity index (χ1v) is 26.5. The molecule has 0 amide bonds. The molecular weight excluding hydrogens is 917 g/mol. The van der Waals surface area contributed by atoms with Crippen molar-refractivity contribution in [3.63, 3.8) is 0 Å². The van der Waals surface area contributed by atoms with Gasteiger partial charge in [-0.1, -0.05) is 36.8 Å². The van der Waals surface area contributed by atoms with Crippen LogP contribution >= 0.6 is 0 Å². The molecule has 4 rings (SSSR count). The number of nitrogens with zero attached hydrogens (tertiary/aromatic N) is 2. The van der Waals surface area contributed by atoms with Gasteiger partial charge < -0.3 is 19.5 Å². The zero-order valence-corrected chi connectivity index (χ0v) is 39.1. The third kappa shape index (κ3) is 13.7. The van der Waals surface area contributed by atoms with E-state index < -0.39 is 68.8 Å². The quantitative estimate of drug-likeness (QED) is 0.0336. The average molecular weight is 974 g/mol. The van der Waals surface area contributed by atoms with Crippen LogP contribution in [0.4, 0.5) is 11.4 Å². The Kier molecular flexibility index (Phi) is 18.0. The first-order valence-electron chi connectivity index (χ1n) is 20.4. The predicted molar refractivity (Wildman–Crippen MR) is 240 cm³/mol. The number of anilines is 1. The van der Waals surface area contributed by atoms with Crippen molar-refractivity contribution in [3.05, 3.63) is 95.8 Å². The minimum absolute atomic E-state index is 0.0203. The molecule has 354 valence electrons. The van der Waals surface area contributed by atoms with Gasteiger partial charge in [0, 0.05) is 68.3 Å². The lowest BCUT2D eigenvalue weighted by Gasteiger charge is -2.34. The second kappa shape index (κ2) is 21.9. The van der Waals surface area contributed by atoms with E-state index in [9.17, 15) is 56.7 Å². The van der Waals surface area contributed by atoms with Crippen molar-refractivity contribution in [1.29, 1.82) is 0 Å². The summed E-state index contributed by atoms with van der Waals surface area (Å²) in [7, 11) is -14.9. The van der Waals surface area contributed by atoms with Gasteiger partial charge in [-0.2, -0.15) is 38.2 Å². The Morgan fingerprint density at radius 1 is 0.703 bits per heavy atom. The van der Waals surface area contributed by atoms with Crippen LogP contribution in [0.2, 0.25) is 0 Å². The molecule has 0 saturated heterocycles. The Labute approximate surface area is 375 Å². The van der Waals surface area contributed by atoms with Gasteiger partial charge in [-0.05, 0) is 93.8 Å². The summed E-state index contributed by atoms with van der Waals surface area (Å²) in [5.74, 6) is -2.03. The number of fused-ring (bicyclic) bond motifs is 2. The standard InChI is InChI=1S/C42H56N2O16S4/c1-41(21-12-28-61(47,48)49)34-30-32(63(53,54)55)17-19-36(34)44(25-27-60-3)38(41)14-8-5-4-6-9-15-39-42(23-26-59-2,22-13-29-62(50,51)52)35-31-33(64(56,57)58)18-20-37(35)43(39)24-11-7-10-16-40(45)46/h4-6,8-9,14-15,17-20,30-31H,7,10-13,16,21-29H2,1-3H3,(H4-,45,46,47,48,49,50,51,52,53,54,55,56,57,58)/p+1. The summed E-state index contributed by atoms with van der Waals surface area (Å²) in [6, 6.07) is 8.36. The van der Waals surface area contributed by atoms with Gasteiger partial charge in [0.05, 0.1) is 26.7 Å². The van der Waals surface area contributed by atoms with E-state index in [1.165, 1.54) is 38.5 Å². The molecule has 2 aromatic rings. The third-order valence-corrected chi connectivity index (χ3v) is 14.7. The van der Waals surface area contributed by atoms with Crippen molar-refractivity contribution in [2.24, 2.45) is 0 Å². The first-order chi connectivity index (χ1) is 29.9. The number of carboxylic acid groups (broad SMARTS) is 1. The zero-order chi connectivity index (χ0) is 47.6. The number of benzene rings is 2. The number of methoxy groups -OCH3 is 2. The lowest BCUT2D eigenvalue weighted by Crippen LogP contribution is -2.33. The number of unbranched alkanes of at least 4 members (excludes halogenated alkanes) is 2. The molecule has 2 heterocycles. The van der Waals surface area contributed by atoms with Gasteiger partial charge in [0.15, 0.2) is 12.3 Å².